The highest BCUT2D eigenvalue weighted by molar-refractivity contribution is 5.12. The zero-order valence-electron chi connectivity index (χ0n) is 10.4. The molecule has 1 saturated carbocycles. The highest BCUT2D eigenvalue weighted by atomic mass is 16.3. The van der Waals surface area contributed by atoms with Crippen LogP contribution in [0.5, 0.6) is 0 Å². The minimum Gasteiger partial charge on any atom is -0.396 e. The van der Waals surface area contributed by atoms with Crippen molar-refractivity contribution in [1.82, 2.24) is 9.55 Å². The Kier molecular flexibility index (Phi) is 3.19. The normalized spacial score (nSPS) is 25.8. The molecule has 0 aromatic carbocycles. The molecule has 2 heterocycles. The van der Waals surface area contributed by atoms with Gasteiger partial charge in [0.25, 0.3) is 0 Å². The van der Waals surface area contributed by atoms with E-state index < -0.39 is 0 Å². The molecule has 1 unspecified atom stereocenters. The molecule has 3 rings (SSSR count). The number of fused-ring (bicyclic) bond motifs is 1. The maximum Gasteiger partial charge on any atom is 0.109 e. The molecule has 0 saturated heterocycles. The Balaban J connectivity index is 1.77. The molecule has 94 valence electrons. The Morgan fingerprint density at radius 3 is 2.82 bits per heavy atom. The Bertz CT molecular complexity index is 380. The lowest BCUT2D eigenvalue weighted by molar-refractivity contribution is 0.199. The van der Waals surface area contributed by atoms with Gasteiger partial charge in [-0.05, 0) is 25.2 Å². The Labute approximate surface area is 103 Å². The van der Waals surface area contributed by atoms with Crippen LogP contribution in [0.25, 0.3) is 0 Å². The predicted octanol–water partition coefficient (Wildman–Crippen LogP) is 2.49. The fourth-order valence-electron chi connectivity index (χ4n) is 3.27. The third-order valence-electron chi connectivity index (χ3n) is 4.41. The molecule has 2 aliphatic rings. The highest BCUT2D eigenvalue weighted by Gasteiger charge is 2.23. The van der Waals surface area contributed by atoms with Crippen LogP contribution < -0.4 is 0 Å². The summed E-state index contributed by atoms with van der Waals surface area (Å²) in [5.74, 6) is 2.34. The van der Waals surface area contributed by atoms with Crippen molar-refractivity contribution < 1.29 is 5.11 Å². The minimum absolute atomic E-state index is 0.311. The zero-order valence-corrected chi connectivity index (χ0v) is 10.4. The molecule has 1 aliphatic carbocycles. The number of rotatable bonds is 2. The SMILES string of the molecule is OCC1CCn2cc(C3CCCCC3)nc2C1. The van der Waals surface area contributed by atoms with E-state index in [1.54, 1.807) is 0 Å². The molecular weight excluding hydrogens is 212 g/mol. The molecule has 3 heteroatoms. The summed E-state index contributed by atoms with van der Waals surface area (Å²) in [6, 6.07) is 0. The molecule has 3 nitrogen and oxygen atoms in total. The molecule has 0 spiro atoms. The first-order valence-electron chi connectivity index (χ1n) is 7.03. The van der Waals surface area contributed by atoms with E-state index in [4.69, 9.17) is 4.98 Å². The first kappa shape index (κ1) is 11.3. The number of aliphatic hydroxyl groups is 1. The first-order valence-corrected chi connectivity index (χ1v) is 7.03. The number of aliphatic hydroxyl groups excluding tert-OH is 1. The second-order valence-electron chi connectivity index (χ2n) is 5.65. The van der Waals surface area contributed by atoms with E-state index in [0.29, 0.717) is 18.4 Å². The highest BCUT2D eigenvalue weighted by Crippen LogP contribution is 2.33. The van der Waals surface area contributed by atoms with Gasteiger partial charge in [0.15, 0.2) is 0 Å². The molecule has 17 heavy (non-hydrogen) atoms. The number of hydrogen-bond acceptors (Lipinski definition) is 2. The van der Waals surface area contributed by atoms with Crippen LogP contribution in [0.15, 0.2) is 6.20 Å². The summed E-state index contributed by atoms with van der Waals surface area (Å²) >= 11 is 0. The van der Waals surface area contributed by atoms with Crippen molar-refractivity contribution in [1.29, 1.82) is 0 Å². The Hall–Kier alpha value is -0.830. The van der Waals surface area contributed by atoms with Gasteiger partial charge in [0.1, 0.15) is 5.82 Å². The fraction of sp³-hybridized carbons (Fsp3) is 0.786. The van der Waals surface area contributed by atoms with E-state index in [-0.39, 0.29) is 0 Å². The number of aromatic nitrogens is 2. The molecular formula is C14H22N2O. The summed E-state index contributed by atoms with van der Waals surface area (Å²) in [7, 11) is 0. The van der Waals surface area contributed by atoms with E-state index in [1.165, 1.54) is 43.6 Å². The number of imidazole rings is 1. The van der Waals surface area contributed by atoms with Crippen LogP contribution in [0.1, 0.15) is 56.0 Å². The van der Waals surface area contributed by atoms with Gasteiger partial charge in [-0.3, -0.25) is 0 Å². The van der Waals surface area contributed by atoms with Gasteiger partial charge in [0.05, 0.1) is 5.69 Å². The lowest BCUT2D eigenvalue weighted by Gasteiger charge is -2.20. The summed E-state index contributed by atoms with van der Waals surface area (Å²) in [4.78, 5) is 4.82. The van der Waals surface area contributed by atoms with Gasteiger partial charge in [-0.25, -0.2) is 4.98 Å². The van der Waals surface area contributed by atoms with Gasteiger partial charge in [-0.1, -0.05) is 19.3 Å². The second kappa shape index (κ2) is 4.81. The molecule has 1 aromatic heterocycles. The monoisotopic (exact) mass is 234 g/mol. The standard InChI is InChI=1S/C14H22N2O/c17-10-11-6-7-16-9-13(15-14(16)8-11)12-4-2-1-3-5-12/h9,11-12,17H,1-8,10H2. The average molecular weight is 234 g/mol. The maximum absolute atomic E-state index is 9.24. The molecule has 0 radical (unpaired) electrons. The van der Waals surface area contributed by atoms with E-state index in [0.717, 1.165) is 19.4 Å². The molecule has 0 bridgehead atoms. The summed E-state index contributed by atoms with van der Waals surface area (Å²) in [5.41, 5.74) is 1.32. The predicted molar refractivity (Wildman–Crippen MR) is 66.9 cm³/mol. The van der Waals surface area contributed by atoms with E-state index in [2.05, 4.69) is 10.8 Å². The van der Waals surface area contributed by atoms with Crippen LogP contribution in [-0.2, 0) is 13.0 Å². The quantitative estimate of drug-likeness (QED) is 0.853. The van der Waals surface area contributed by atoms with Crippen molar-refractivity contribution in [2.45, 2.75) is 57.4 Å². The van der Waals surface area contributed by atoms with E-state index in [9.17, 15) is 5.11 Å². The molecule has 1 atom stereocenters. The summed E-state index contributed by atoms with van der Waals surface area (Å²) in [5, 5.41) is 9.24. The molecule has 0 amide bonds. The van der Waals surface area contributed by atoms with E-state index >= 15 is 0 Å². The minimum atomic E-state index is 0.311. The number of nitrogens with zero attached hydrogens (tertiary/aromatic N) is 2. The van der Waals surface area contributed by atoms with Gasteiger partial charge < -0.3 is 9.67 Å². The van der Waals surface area contributed by atoms with Crippen LogP contribution in [0.4, 0.5) is 0 Å². The van der Waals surface area contributed by atoms with Crippen molar-refractivity contribution in [3.8, 4) is 0 Å². The van der Waals surface area contributed by atoms with E-state index in [1.807, 2.05) is 0 Å². The smallest absolute Gasteiger partial charge is 0.109 e. The molecule has 1 fully saturated rings. The zero-order chi connectivity index (χ0) is 11.7. The summed E-state index contributed by atoms with van der Waals surface area (Å²) in [6.45, 7) is 1.35. The second-order valence-corrected chi connectivity index (χ2v) is 5.65. The van der Waals surface area contributed by atoms with Crippen molar-refractivity contribution in [3.05, 3.63) is 17.7 Å². The fourth-order valence-corrected chi connectivity index (χ4v) is 3.27. The van der Waals surface area contributed by atoms with Crippen LogP contribution in [0.3, 0.4) is 0 Å². The lowest BCUT2D eigenvalue weighted by Crippen LogP contribution is -2.21. The summed E-state index contributed by atoms with van der Waals surface area (Å²) < 4.78 is 2.32. The van der Waals surface area contributed by atoms with Crippen LogP contribution in [0, 0.1) is 5.92 Å². The molecule has 1 N–H and O–H groups in total. The van der Waals surface area contributed by atoms with Crippen LogP contribution in [0.2, 0.25) is 0 Å². The van der Waals surface area contributed by atoms with Gasteiger partial charge in [0.2, 0.25) is 0 Å². The van der Waals surface area contributed by atoms with Crippen molar-refractivity contribution >= 4 is 0 Å². The van der Waals surface area contributed by atoms with Crippen molar-refractivity contribution in [3.63, 3.8) is 0 Å². The van der Waals surface area contributed by atoms with Gasteiger partial charge in [0, 0.05) is 31.7 Å². The largest absolute Gasteiger partial charge is 0.396 e. The van der Waals surface area contributed by atoms with Crippen LogP contribution in [-0.4, -0.2) is 21.3 Å². The first-order chi connectivity index (χ1) is 8.36. The van der Waals surface area contributed by atoms with Crippen LogP contribution >= 0.6 is 0 Å². The molecule has 1 aromatic rings. The van der Waals surface area contributed by atoms with Crippen molar-refractivity contribution in [2.24, 2.45) is 5.92 Å². The molecule has 1 aliphatic heterocycles. The summed E-state index contributed by atoms with van der Waals surface area (Å²) in [6.07, 6.45) is 11.1. The Morgan fingerprint density at radius 2 is 2.06 bits per heavy atom. The number of aryl methyl sites for hydroxylation is 1. The average Bonchev–Trinajstić information content (AvgIpc) is 2.82. The Morgan fingerprint density at radius 1 is 1.24 bits per heavy atom. The number of hydrogen-bond donors (Lipinski definition) is 1. The van der Waals surface area contributed by atoms with Gasteiger partial charge >= 0.3 is 0 Å². The third-order valence-corrected chi connectivity index (χ3v) is 4.41. The topological polar surface area (TPSA) is 38.0 Å². The van der Waals surface area contributed by atoms with Crippen molar-refractivity contribution in [2.75, 3.05) is 6.61 Å². The lowest BCUT2D eigenvalue weighted by atomic mass is 9.87. The van der Waals surface area contributed by atoms with Gasteiger partial charge in [-0.2, -0.15) is 0 Å². The maximum atomic E-state index is 9.24. The third kappa shape index (κ3) is 2.25. The van der Waals surface area contributed by atoms with Gasteiger partial charge in [-0.15, -0.1) is 0 Å².